The highest BCUT2D eigenvalue weighted by molar-refractivity contribution is 7.11. The molecule has 1 saturated heterocycles. The lowest BCUT2D eigenvalue weighted by molar-refractivity contribution is 0.175. The molecule has 0 spiro atoms. The third-order valence-electron chi connectivity index (χ3n) is 2.14. The van der Waals surface area contributed by atoms with E-state index in [1.54, 1.807) is 11.3 Å². The van der Waals surface area contributed by atoms with Gasteiger partial charge in [0.1, 0.15) is 6.61 Å². The van der Waals surface area contributed by atoms with Crippen molar-refractivity contribution in [2.75, 3.05) is 6.61 Å². The van der Waals surface area contributed by atoms with E-state index in [9.17, 15) is 4.79 Å². The molecule has 1 aliphatic rings. The van der Waals surface area contributed by atoms with Crippen LogP contribution in [0.4, 0.5) is 4.79 Å². The summed E-state index contributed by atoms with van der Waals surface area (Å²) in [5.41, 5.74) is -0.426. The van der Waals surface area contributed by atoms with E-state index in [2.05, 4.69) is 5.32 Å². The van der Waals surface area contributed by atoms with Gasteiger partial charge >= 0.3 is 6.09 Å². The lowest BCUT2D eigenvalue weighted by atomic mass is 10.0. The van der Waals surface area contributed by atoms with Gasteiger partial charge in [0.05, 0.1) is 10.6 Å². The minimum absolute atomic E-state index is 0.353. The monoisotopic (exact) mass is 243 g/mol. The van der Waals surface area contributed by atoms with Crippen LogP contribution in [0.15, 0.2) is 17.5 Å². The molecule has 3 nitrogen and oxygen atoms in total. The second kappa shape index (κ2) is 3.87. The molecule has 2 rings (SSSR count). The van der Waals surface area contributed by atoms with Gasteiger partial charge in [-0.05, 0) is 24.4 Å². The number of ether oxygens (including phenoxy) is 1. The fraction of sp³-hybridized carbons (Fsp3) is 0.300. The van der Waals surface area contributed by atoms with Crippen molar-refractivity contribution in [2.24, 2.45) is 0 Å². The standard InChI is InChI=1S/C10H10ClNO2S/c1-10(6-14-9(13)12-10)4-2-8-7(11)3-5-15-8/h2-5H,6H2,1H3,(H,12,13)/t10-/m1/s1. The van der Waals surface area contributed by atoms with Crippen LogP contribution < -0.4 is 5.32 Å². The number of nitrogens with one attached hydrogen (secondary N) is 1. The molecule has 0 bridgehead atoms. The summed E-state index contributed by atoms with van der Waals surface area (Å²) in [5.74, 6) is 0. The Bertz CT molecular complexity index is 415. The van der Waals surface area contributed by atoms with E-state index in [0.717, 1.165) is 9.90 Å². The van der Waals surface area contributed by atoms with Crippen molar-refractivity contribution in [3.05, 3.63) is 27.4 Å². The maximum Gasteiger partial charge on any atom is 0.408 e. The molecule has 1 aromatic rings. The first kappa shape index (κ1) is 10.5. The number of thiophene rings is 1. The molecule has 1 fully saturated rings. The second-order valence-electron chi connectivity index (χ2n) is 3.58. The molecule has 1 amide bonds. The van der Waals surface area contributed by atoms with Gasteiger partial charge in [-0.15, -0.1) is 11.3 Å². The van der Waals surface area contributed by atoms with E-state index < -0.39 is 5.54 Å². The van der Waals surface area contributed by atoms with Crippen LogP contribution in [0.3, 0.4) is 0 Å². The van der Waals surface area contributed by atoms with E-state index in [1.807, 2.05) is 30.5 Å². The highest BCUT2D eigenvalue weighted by Crippen LogP contribution is 2.25. The minimum Gasteiger partial charge on any atom is -0.447 e. The highest BCUT2D eigenvalue weighted by atomic mass is 35.5. The van der Waals surface area contributed by atoms with Crippen molar-refractivity contribution in [3.63, 3.8) is 0 Å². The van der Waals surface area contributed by atoms with Crippen molar-refractivity contribution in [1.29, 1.82) is 0 Å². The van der Waals surface area contributed by atoms with Gasteiger partial charge in [-0.2, -0.15) is 0 Å². The predicted molar refractivity (Wildman–Crippen MR) is 61.3 cm³/mol. The van der Waals surface area contributed by atoms with Crippen molar-refractivity contribution in [2.45, 2.75) is 12.5 Å². The topological polar surface area (TPSA) is 38.3 Å². The average molecular weight is 244 g/mol. The van der Waals surface area contributed by atoms with Crippen molar-refractivity contribution < 1.29 is 9.53 Å². The summed E-state index contributed by atoms with van der Waals surface area (Å²) >= 11 is 7.50. The Kier molecular flexibility index (Phi) is 2.71. The first-order chi connectivity index (χ1) is 7.09. The van der Waals surface area contributed by atoms with E-state index in [4.69, 9.17) is 16.3 Å². The molecule has 1 atom stereocenters. The smallest absolute Gasteiger partial charge is 0.408 e. The Morgan fingerprint density at radius 2 is 2.53 bits per heavy atom. The molecule has 0 saturated carbocycles. The molecule has 1 aromatic heterocycles. The fourth-order valence-electron chi connectivity index (χ4n) is 1.29. The van der Waals surface area contributed by atoms with Crippen LogP contribution in [0.2, 0.25) is 5.02 Å². The molecule has 0 aliphatic carbocycles. The van der Waals surface area contributed by atoms with Crippen LogP contribution in [0.1, 0.15) is 11.8 Å². The Hall–Kier alpha value is -1.00. The summed E-state index contributed by atoms with van der Waals surface area (Å²) in [6.07, 6.45) is 3.43. The zero-order chi connectivity index (χ0) is 10.9. The van der Waals surface area contributed by atoms with Gasteiger partial charge in [-0.1, -0.05) is 17.7 Å². The molecule has 0 unspecified atom stereocenters. The molecule has 0 aromatic carbocycles. The number of alkyl carbamates (subject to hydrolysis) is 1. The molecule has 2 heterocycles. The molecule has 1 aliphatic heterocycles. The van der Waals surface area contributed by atoms with E-state index >= 15 is 0 Å². The quantitative estimate of drug-likeness (QED) is 0.867. The maximum absolute atomic E-state index is 10.9. The van der Waals surface area contributed by atoms with E-state index in [1.165, 1.54) is 0 Å². The Labute approximate surface area is 96.7 Å². The number of carbonyl (C=O) groups is 1. The van der Waals surface area contributed by atoms with Crippen molar-refractivity contribution >= 4 is 35.1 Å². The SMILES string of the molecule is C[C@@]1(C=Cc2sccc2Cl)COC(=O)N1. The van der Waals surface area contributed by atoms with Crippen molar-refractivity contribution in [1.82, 2.24) is 5.32 Å². The summed E-state index contributed by atoms with van der Waals surface area (Å²) in [6, 6.07) is 1.85. The Morgan fingerprint density at radius 3 is 3.07 bits per heavy atom. The highest BCUT2D eigenvalue weighted by Gasteiger charge is 2.32. The van der Waals surface area contributed by atoms with Gasteiger partial charge in [-0.25, -0.2) is 4.79 Å². The zero-order valence-corrected chi connectivity index (χ0v) is 9.69. The fourth-order valence-corrected chi connectivity index (χ4v) is 2.31. The molecule has 80 valence electrons. The van der Waals surface area contributed by atoms with Crippen LogP contribution in [0.5, 0.6) is 0 Å². The zero-order valence-electron chi connectivity index (χ0n) is 8.12. The lowest BCUT2D eigenvalue weighted by Gasteiger charge is -2.14. The number of halogens is 1. The van der Waals surface area contributed by atoms with Gasteiger partial charge in [0.25, 0.3) is 0 Å². The predicted octanol–water partition coefficient (Wildman–Crippen LogP) is 2.91. The Balaban J connectivity index is 2.12. The number of cyclic esters (lactones) is 1. The van der Waals surface area contributed by atoms with Gasteiger partial charge in [0.15, 0.2) is 0 Å². The molecule has 5 heteroatoms. The second-order valence-corrected chi connectivity index (χ2v) is 4.94. The van der Waals surface area contributed by atoms with Crippen LogP contribution in [-0.2, 0) is 4.74 Å². The number of carbonyl (C=O) groups excluding carboxylic acids is 1. The normalized spacial score (nSPS) is 25.6. The molecule has 0 radical (unpaired) electrons. The summed E-state index contributed by atoms with van der Waals surface area (Å²) in [6.45, 7) is 2.25. The third-order valence-corrected chi connectivity index (χ3v) is 3.46. The third kappa shape index (κ3) is 2.33. The van der Waals surface area contributed by atoms with Crippen LogP contribution >= 0.6 is 22.9 Å². The number of rotatable bonds is 2. The van der Waals surface area contributed by atoms with Crippen LogP contribution in [0.25, 0.3) is 6.08 Å². The minimum atomic E-state index is -0.426. The van der Waals surface area contributed by atoms with Gasteiger partial charge in [-0.3, -0.25) is 0 Å². The number of hydrogen-bond donors (Lipinski definition) is 1. The summed E-state index contributed by atoms with van der Waals surface area (Å²) < 4.78 is 4.84. The first-order valence-electron chi connectivity index (χ1n) is 4.46. The molecular weight excluding hydrogens is 234 g/mol. The van der Waals surface area contributed by atoms with Crippen molar-refractivity contribution in [3.8, 4) is 0 Å². The van der Waals surface area contributed by atoms with Crippen LogP contribution in [-0.4, -0.2) is 18.2 Å². The molecule has 1 N–H and O–H groups in total. The summed E-state index contributed by atoms with van der Waals surface area (Å²) in [5, 5.41) is 5.38. The number of hydrogen-bond acceptors (Lipinski definition) is 3. The van der Waals surface area contributed by atoms with Gasteiger partial charge < -0.3 is 10.1 Å². The maximum atomic E-state index is 10.9. The lowest BCUT2D eigenvalue weighted by Crippen LogP contribution is -2.37. The number of amides is 1. The Morgan fingerprint density at radius 1 is 1.73 bits per heavy atom. The summed E-state index contributed by atoms with van der Waals surface area (Å²) in [7, 11) is 0. The largest absolute Gasteiger partial charge is 0.447 e. The first-order valence-corrected chi connectivity index (χ1v) is 5.72. The summed E-state index contributed by atoms with van der Waals surface area (Å²) in [4.78, 5) is 11.9. The molecule has 15 heavy (non-hydrogen) atoms. The van der Waals surface area contributed by atoms with E-state index in [-0.39, 0.29) is 6.09 Å². The van der Waals surface area contributed by atoms with E-state index in [0.29, 0.717) is 6.61 Å². The van der Waals surface area contributed by atoms with Gasteiger partial charge in [0, 0.05) is 4.88 Å². The van der Waals surface area contributed by atoms with Crippen LogP contribution in [0, 0.1) is 0 Å². The molecular formula is C10H10ClNO2S. The average Bonchev–Trinajstić information content (AvgIpc) is 2.71. The van der Waals surface area contributed by atoms with Gasteiger partial charge in [0.2, 0.25) is 0 Å².